The first-order valence-electron chi connectivity index (χ1n) is 6.40. The van der Waals surface area contributed by atoms with Gasteiger partial charge >= 0.3 is 0 Å². The Kier molecular flexibility index (Phi) is 5.11. The highest BCUT2D eigenvalue weighted by Gasteiger charge is 2.15. The zero-order valence-electron chi connectivity index (χ0n) is 11.8. The summed E-state index contributed by atoms with van der Waals surface area (Å²) in [5, 5.41) is 4.77. The number of carbonyl (C=O) groups is 1. The SMILES string of the molecule is CC(CC(N)=O)NCc1ccc([Si](C)(C)C)cc1. The van der Waals surface area contributed by atoms with Crippen molar-refractivity contribution in [1.29, 1.82) is 0 Å². The zero-order valence-corrected chi connectivity index (χ0v) is 12.8. The molecule has 0 saturated heterocycles. The summed E-state index contributed by atoms with van der Waals surface area (Å²) in [5.74, 6) is -0.260. The topological polar surface area (TPSA) is 55.1 Å². The van der Waals surface area contributed by atoms with E-state index in [1.807, 2.05) is 6.92 Å². The molecule has 100 valence electrons. The fourth-order valence-corrected chi connectivity index (χ4v) is 2.96. The average molecular weight is 264 g/mol. The molecule has 0 fully saturated rings. The predicted molar refractivity (Wildman–Crippen MR) is 79.5 cm³/mol. The van der Waals surface area contributed by atoms with Gasteiger partial charge < -0.3 is 11.1 Å². The first-order chi connectivity index (χ1) is 8.29. The lowest BCUT2D eigenvalue weighted by Crippen LogP contribution is -2.37. The summed E-state index contributed by atoms with van der Waals surface area (Å²) in [6.45, 7) is 9.78. The second-order valence-corrected chi connectivity index (χ2v) is 11.0. The van der Waals surface area contributed by atoms with Crippen molar-refractivity contribution in [1.82, 2.24) is 5.32 Å². The van der Waals surface area contributed by atoms with Crippen LogP contribution in [-0.2, 0) is 11.3 Å². The highest BCUT2D eigenvalue weighted by atomic mass is 28.3. The molecule has 0 saturated carbocycles. The molecule has 1 amide bonds. The fraction of sp³-hybridized carbons (Fsp3) is 0.500. The van der Waals surface area contributed by atoms with Crippen molar-refractivity contribution in [3.05, 3.63) is 29.8 Å². The molecule has 1 unspecified atom stereocenters. The molecule has 0 radical (unpaired) electrons. The van der Waals surface area contributed by atoms with E-state index >= 15 is 0 Å². The molecule has 0 bridgehead atoms. The number of rotatable bonds is 6. The fourth-order valence-electron chi connectivity index (χ4n) is 1.79. The van der Waals surface area contributed by atoms with E-state index in [1.165, 1.54) is 10.8 Å². The van der Waals surface area contributed by atoms with E-state index in [9.17, 15) is 4.79 Å². The molecule has 3 N–H and O–H groups in total. The number of benzene rings is 1. The van der Waals surface area contributed by atoms with Crippen molar-refractivity contribution in [3.63, 3.8) is 0 Å². The molecule has 3 nitrogen and oxygen atoms in total. The molecule has 0 spiro atoms. The largest absolute Gasteiger partial charge is 0.370 e. The Labute approximate surface area is 111 Å². The highest BCUT2D eigenvalue weighted by Crippen LogP contribution is 2.05. The van der Waals surface area contributed by atoms with E-state index in [2.05, 4.69) is 49.2 Å². The van der Waals surface area contributed by atoms with Crippen LogP contribution in [0.15, 0.2) is 24.3 Å². The van der Waals surface area contributed by atoms with E-state index in [1.54, 1.807) is 0 Å². The van der Waals surface area contributed by atoms with Crippen LogP contribution in [0.4, 0.5) is 0 Å². The number of carbonyl (C=O) groups excluding carboxylic acids is 1. The number of primary amides is 1. The summed E-state index contributed by atoms with van der Waals surface area (Å²) >= 11 is 0. The second-order valence-electron chi connectivity index (χ2n) is 5.90. The molecule has 18 heavy (non-hydrogen) atoms. The summed E-state index contributed by atoms with van der Waals surface area (Å²) in [6, 6.07) is 8.90. The molecule has 0 aromatic heterocycles. The van der Waals surface area contributed by atoms with Gasteiger partial charge in [-0.1, -0.05) is 49.1 Å². The van der Waals surface area contributed by atoms with Crippen LogP contribution in [0.25, 0.3) is 0 Å². The molecular formula is C14H24N2OSi. The quantitative estimate of drug-likeness (QED) is 0.767. The van der Waals surface area contributed by atoms with Crippen LogP contribution in [0.1, 0.15) is 18.9 Å². The molecule has 1 aromatic rings. The van der Waals surface area contributed by atoms with Crippen LogP contribution in [-0.4, -0.2) is 20.0 Å². The maximum atomic E-state index is 10.8. The van der Waals surface area contributed by atoms with Crippen LogP contribution in [0.2, 0.25) is 19.6 Å². The van der Waals surface area contributed by atoms with Crippen molar-refractivity contribution in [2.24, 2.45) is 5.73 Å². The molecule has 0 aliphatic heterocycles. The van der Waals surface area contributed by atoms with Gasteiger partial charge in [-0.3, -0.25) is 4.79 Å². The molecule has 1 rings (SSSR count). The molecule has 0 heterocycles. The molecule has 0 aliphatic rings. The number of hydrogen-bond donors (Lipinski definition) is 2. The van der Waals surface area contributed by atoms with Crippen molar-refractivity contribution >= 4 is 19.2 Å². The highest BCUT2D eigenvalue weighted by molar-refractivity contribution is 6.88. The second kappa shape index (κ2) is 6.16. The third kappa shape index (κ3) is 5.02. The third-order valence-corrected chi connectivity index (χ3v) is 5.05. The van der Waals surface area contributed by atoms with Gasteiger partial charge in [0, 0.05) is 19.0 Å². The van der Waals surface area contributed by atoms with Gasteiger partial charge in [0.2, 0.25) is 5.91 Å². The molecule has 1 atom stereocenters. The van der Waals surface area contributed by atoms with Crippen LogP contribution in [0.3, 0.4) is 0 Å². The monoisotopic (exact) mass is 264 g/mol. The minimum absolute atomic E-state index is 0.124. The van der Waals surface area contributed by atoms with E-state index < -0.39 is 8.07 Å². The predicted octanol–water partition coefficient (Wildman–Crippen LogP) is 1.59. The Hall–Kier alpha value is -1.13. The summed E-state index contributed by atoms with van der Waals surface area (Å²) in [7, 11) is -1.20. The Morgan fingerprint density at radius 2 is 1.83 bits per heavy atom. The van der Waals surface area contributed by atoms with Crippen LogP contribution >= 0.6 is 0 Å². The Morgan fingerprint density at radius 3 is 2.28 bits per heavy atom. The third-order valence-electron chi connectivity index (χ3n) is 2.98. The van der Waals surface area contributed by atoms with Crippen molar-refractivity contribution in [2.45, 2.75) is 45.6 Å². The number of amides is 1. The van der Waals surface area contributed by atoms with Gasteiger partial charge in [-0.25, -0.2) is 0 Å². The summed E-state index contributed by atoms with van der Waals surface area (Å²) in [5.41, 5.74) is 6.40. The number of nitrogens with two attached hydrogens (primary N) is 1. The van der Waals surface area contributed by atoms with Crippen molar-refractivity contribution in [3.8, 4) is 0 Å². The minimum atomic E-state index is -1.20. The van der Waals surface area contributed by atoms with Crippen LogP contribution < -0.4 is 16.2 Å². The van der Waals surface area contributed by atoms with E-state index in [4.69, 9.17) is 5.73 Å². The van der Waals surface area contributed by atoms with Crippen molar-refractivity contribution < 1.29 is 4.79 Å². The lowest BCUT2D eigenvalue weighted by Gasteiger charge is -2.17. The Morgan fingerprint density at radius 1 is 1.28 bits per heavy atom. The molecule has 4 heteroatoms. The number of nitrogens with one attached hydrogen (secondary N) is 1. The maximum absolute atomic E-state index is 10.8. The number of hydrogen-bond acceptors (Lipinski definition) is 2. The van der Waals surface area contributed by atoms with Gasteiger partial charge in [-0.2, -0.15) is 0 Å². The normalized spacial score (nSPS) is 13.3. The smallest absolute Gasteiger partial charge is 0.218 e. The van der Waals surface area contributed by atoms with Gasteiger partial charge in [0.25, 0.3) is 0 Å². The average Bonchev–Trinajstić information content (AvgIpc) is 2.25. The van der Waals surface area contributed by atoms with Gasteiger partial charge in [-0.15, -0.1) is 0 Å². The standard InChI is InChI=1S/C14H24N2OSi/c1-11(9-14(15)17)16-10-12-5-7-13(8-6-12)18(2,3)4/h5-8,11,16H,9-10H2,1-4H3,(H2,15,17). The molecular weight excluding hydrogens is 240 g/mol. The van der Waals surface area contributed by atoms with E-state index in [0.29, 0.717) is 6.42 Å². The summed E-state index contributed by atoms with van der Waals surface area (Å²) in [6.07, 6.45) is 0.382. The lowest BCUT2D eigenvalue weighted by atomic mass is 10.2. The minimum Gasteiger partial charge on any atom is -0.370 e. The van der Waals surface area contributed by atoms with Gasteiger partial charge in [0.15, 0.2) is 0 Å². The zero-order chi connectivity index (χ0) is 13.8. The van der Waals surface area contributed by atoms with Crippen LogP contribution in [0, 0.1) is 0 Å². The van der Waals surface area contributed by atoms with Gasteiger partial charge in [0.1, 0.15) is 0 Å². The summed E-state index contributed by atoms with van der Waals surface area (Å²) in [4.78, 5) is 10.8. The van der Waals surface area contributed by atoms with Crippen LogP contribution in [0.5, 0.6) is 0 Å². The maximum Gasteiger partial charge on any atom is 0.218 e. The molecule has 1 aromatic carbocycles. The Balaban J connectivity index is 2.52. The van der Waals surface area contributed by atoms with E-state index in [0.717, 1.165) is 6.54 Å². The molecule has 0 aliphatic carbocycles. The first kappa shape index (κ1) is 14.9. The Bertz CT molecular complexity index is 395. The van der Waals surface area contributed by atoms with Gasteiger partial charge in [-0.05, 0) is 12.5 Å². The van der Waals surface area contributed by atoms with E-state index in [-0.39, 0.29) is 11.9 Å². The summed E-state index contributed by atoms with van der Waals surface area (Å²) < 4.78 is 0. The lowest BCUT2D eigenvalue weighted by molar-refractivity contribution is -0.118. The van der Waals surface area contributed by atoms with Crippen molar-refractivity contribution in [2.75, 3.05) is 0 Å². The van der Waals surface area contributed by atoms with Gasteiger partial charge in [0.05, 0.1) is 8.07 Å². The first-order valence-corrected chi connectivity index (χ1v) is 9.90.